The number of hydrogen-bond acceptors (Lipinski definition) is 3. The number of hydrogen-bond donors (Lipinski definition) is 2. The van der Waals surface area contributed by atoms with Crippen molar-refractivity contribution in [3.05, 3.63) is 29.8 Å². The molecule has 0 saturated heterocycles. The highest BCUT2D eigenvalue weighted by atomic mass is 19.1. The molecule has 0 amide bonds. The minimum atomic E-state index is -0.502. The van der Waals surface area contributed by atoms with Gasteiger partial charge in [-0.15, -0.1) is 0 Å². The molecule has 1 heterocycles. The quantitative estimate of drug-likeness (QED) is 0.599. The van der Waals surface area contributed by atoms with Crippen molar-refractivity contribution in [2.45, 2.75) is 6.04 Å². The molecule has 1 rings (SSSR count). The van der Waals surface area contributed by atoms with Crippen LogP contribution in [0.2, 0.25) is 0 Å². The summed E-state index contributed by atoms with van der Waals surface area (Å²) in [5, 5.41) is 0. The third-order valence-corrected chi connectivity index (χ3v) is 1.43. The molecule has 0 aliphatic heterocycles. The monoisotopic (exact) mass is 155 g/mol. The lowest BCUT2D eigenvalue weighted by Crippen LogP contribution is -2.20. The molecule has 1 atom stereocenters. The number of nitrogens with zero attached hydrogens (tertiary/aromatic N) is 1. The Bertz CT molecular complexity index is 222. The molecule has 0 radical (unpaired) electrons. The first kappa shape index (κ1) is 8.10. The number of aromatic nitrogens is 1. The van der Waals surface area contributed by atoms with Gasteiger partial charge in [0.2, 0.25) is 5.95 Å². The topological polar surface area (TPSA) is 64.9 Å². The Kier molecular flexibility index (Phi) is 2.51. The average Bonchev–Trinajstić information content (AvgIpc) is 2.05. The minimum absolute atomic E-state index is 0.247. The summed E-state index contributed by atoms with van der Waals surface area (Å²) in [5.41, 5.74) is 11.6. The minimum Gasteiger partial charge on any atom is -0.329 e. The summed E-state index contributed by atoms with van der Waals surface area (Å²) < 4.78 is 12.3. The van der Waals surface area contributed by atoms with Crippen LogP contribution in [0, 0.1) is 5.95 Å². The highest BCUT2D eigenvalue weighted by molar-refractivity contribution is 5.13. The number of nitrogens with two attached hydrogens (primary N) is 2. The summed E-state index contributed by atoms with van der Waals surface area (Å²) in [7, 11) is 0. The van der Waals surface area contributed by atoms with Crippen LogP contribution in [0.25, 0.3) is 0 Å². The van der Waals surface area contributed by atoms with Gasteiger partial charge in [0.15, 0.2) is 0 Å². The van der Waals surface area contributed by atoms with Crippen molar-refractivity contribution in [2.75, 3.05) is 6.54 Å². The molecular weight excluding hydrogens is 145 g/mol. The van der Waals surface area contributed by atoms with Gasteiger partial charge >= 0.3 is 0 Å². The van der Waals surface area contributed by atoms with E-state index < -0.39 is 5.95 Å². The fraction of sp³-hybridized carbons (Fsp3) is 0.286. The van der Waals surface area contributed by atoms with Crippen molar-refractivity contribution in [3.8, 4) is 0 Å². The molecule has 11 heavy (non-hydrogen) atoms. The Balaban J connectivity index is 2.81. The largest absolute Gasteiger partial charge is 0.329 e. The summed E-state index contributed by atoms with van der Waals surface area (Å²) in [6, 6.07) is 2.60. The Morgan fingerprint density at radius 1 is 1.55 bits per heavy atom. The highest BCUT2D eigenvalue weighted by Gasteiger charge is 2.02. The third kappa shape index (κ3) is 1.96. The van der Waals surface area contributed by atoms with Crippen LogP contribution in [-0.2, 0) is 0 Å². The van der Waals surface area contributed by atoms with Crippen molar-refractivity contribution < 1.29 is 4.39 Å². The van der Waals surface area contributed by atoms with Crippen molar-refractivity contribution in [3.63, 3.8) is 0 Å². The van der Waals surface area contributed by atoms with Crippen LogP contribution >= 0.6 is 0 Å². The maximum atomic E-state index is 12.3. The summed E-state index contributed by atoms with van der Waals surface area (Å²) in [4.78, 5) is 3.45. The molecular formula is C7H10FN3. The lowest BCUT2D eigenvalue weighted by atomic mass is 10.1. The number of pyridine rings is 1. The van der Waals surface area contributed by atoms with Crippen LogP contribution in [0.15, 0.2) is 18.3 Å². The van der Waals surface area contributed by atoms with E-state index >= 15 is 0 Å². The molecule has 0 bridgehead atoms. The van der Waals surface area contributed by atoms with Crippen LogP contribution in [0.5, 0.6) is 0 Å². The highest BCUT2D eigenvalue weighted by Crippen LogP contribution is 2.06. The molecule has 1 unspecified atom stereocenters. The van der Waals surface area contributed by atoms with Crippen LogP contribution in [0.1, 0.15) is 11.6 Å². The Labute approximate surface area is 64.2 Å². The second-order valence-corrected chi connectivity index (χ2v) is 2.26. The molecule has 0 fully saturated rings. The number of halogens is 1. The maximum absolute atomic E-state index is 12.3. The molecule has 60 valence electrons. The van der Waals surface area contributed by atoms with E-state index in [-0.39, 0.29) is 6.04 Å². The van der Waals surface area contributed by atoms with Gasteiger partial charge in [0.1, 0.15) is 0 Å². The van der Waals surface area contributed by atoms with Gasteiger partial charge < -0.3 is 11.5 Å². The van der Waals surface area contributed by atoms with Gasteiger partial charge in [0, 0.05) is 18.8 Å². The van der Waals surface area contributed by atoms with Gasteiger partial charge in [-0.3, -0.25) is 0 Å². The van der Waals surface area contributed by atoms with Crippen LogP contribution in [-0.4, -0.2) is 11.5 Å². The average molecular weight is 155 g/mol. The van der Waals surface area contributed by atoms with Gasteiger partial charge in [-0.1, -0.05) is 6.07 Å². The summed E-state index contributed by atoms with van der Waals surface area (Å²) in [6.07, 6.45) is 1.40. The molecule has 0 spiro atoms. The van der Waals surface area contributed by atoms with Crippen molar-refractivity contribution >= 4 is 0 Å². The van der Waals surface area contributed by atoms with E-state index in [4.69, 9.17) is 11.5 Å². The third-order valence-electron chi connectivity index (χ3n) is 1.43. The van der Waals surface area contributed by atoms with Crippen LogP contribution in [0.4, 0.5) is 4.39 Å². The van der Waals surface area contributed by atoms with E-state index in [0.29, 0.717) is 6.54 Å². The standard InChI is InChI=1S/C7H10FN3/c8-7-2-1-5(4-11-7)6(10)3-9/h1-2,4,6H,3,9-10H2. The van der Waals surface area contributed by atoms with E-state index in [2.05, 4.69) is 4.98 Å². The Hall–Kier alpha value is -1.00. The van der Waals surface area contributed by atoms with Gasteiger partial charge in [0.25, 0.3) is 0 Å². The summed E-state index contributed by atoms with van der Waals surface area (Å²) in [5.74, 6) is -0.502. The lowest BCUT2D eigenvalue weighted by Gasteiger charge is -2.06. The molecule has 0 aliphatic carbocycles. The normalized spacial score (nSPS) is 13.0. The van der Waals surface area contributed by atoms with E-state index in [0.717, 1.165) is 5.56 Å². The fourth-order valence-electron chi connectivity index (χ4n) is 0.743. The molecule has 3 nitrogen and oxygen atoms in total. The molecule has 0 saturated carbocycles. The Morgan fingerprint density at radius 2 is 2.27 bits per heavy atom. The molecule has 4 heteroatoms. The van der Waals surface area contributed by atoms with Gasteiger partial charge in [0.05, 0.1) is 0 Å². The summed E-state index contributed by atoms with van der Waals surface area (Å²) in [6.45, 7) is 0.341. The maximum Gasteiger partial charge on any atom is 0.212 e. The van der Waals surface area contributed by atoms with E-state index in [1.807, 2.05) is 0 Å². The zero-order valence-corrected chi connectivity index (χ0v) is 6.00. The first-order valence-electron chi connectivity index (χ1n) is 3.31. The zero-order valence-electron chi connectivity index (χ0n) is 6.00. The predicted octanol–water partition coefficient (Wildman–Crippen LogP) is 0.179. The zero-order chi connectivity index (χ0) is 8.27. The van der Waals surface area contributed by atoms with Crippen molar-refractivity contribution in [2.24, 2.45) is 11.5 Å². The first-order valence-corrected chi connectivity index (χ1v) is 3.31. The van der Waals surface area contributed by atoms with E-state index in [1.165, 1.54) is 12.3 Å². The summed E-state index contributed by atoms with van der Waals surface area (Å²) >= 11 is 0. The Morgan fingerprint density at radius 3 is 2.73 bits per heavy atom. The fourth-order valence-corrected chi connectivity index (χ4v) is 0.743. The molecule has 0 aromatic carbocycles. The molecule has 1 aromatic rings. The second kappa shape index (κ2) is 3.41. The van der Waals surface area contributed by atoms with Gasteiger partial charge in [-0.2, -0.15) is 4.39 Å². The lowest BCUT2D eigenvalue weighted by molar-refractivity contribution is 0.579. The van der Waals surface area contributed by atoms with E-state index in [9.17, 15) is 4.39 Å². The van der Waals surface area contributed by atoms with Crippen LogP contribution < -0.4 is 11.5 Å². The SMILES string of the molecule is NCC(N)c1ccc(F)nc1. The first-order chi connectivity index (χ1) is 5.24. The molecule has 4 N–H and O–H groups in total. The smallest absolute Gasteiger partial charge is 0.212 e. The molecule has 1 aromatic heterocycles. The van der Waals surface area contributed by atoms with Gasteiger partial charge in [-0.25, -0.2) is 4.98 Å². The second-order valence-electron chi connectivity index (χ2n) is 2.26. The predicted molar refractivity (Wildman–Crippen MR) is 40.2 cm³/mol. The molecule has 0 aliphatic rings. The number of rotatable bonds is 2. The van der Waals surface area contributed by atoms with E-state index in [1.54, 1.807) is 6.07 Å². The van der Waals surface area contributed by atoms with Crippen LogP contribution in [0.3, 0.4) is 0 Å². The van der Waals surface area contributed by atoms with Crippen molar-refractivity contribution in [1.29, 1.82) is 0 Å². The van der Waals surface area contributed by atoms with Gasteiger partial charge in [-0.05, 0) is 11.6 Å². The van der Waals surface area contributed by atoms with Crippen molar-refractivity contribution in [1.82, 2.24) is 4.98 Å².